The predicted octanol–water partition coefficient (Wildman–Crippen LogP) is 2.94. The van der Waals surface area contributed by atoms with Crippen LogP contribution in [0.5, 0.6) is 0 Å². The van der Waals surface area contributed by atoms with Gasteiger partial charge in [0, 0.05) is 5.92 Å². The van der Waals surface area contributed by atoms with Crippen LogP contribution in [-0.4, -0.2) is 52.6 Å². The molecule has 29 heavy (non-hydrogen) atoms. The Morgan fingerprint density at radius 2 is 1.79 bits per heavy atom. The van der Waals surface area contributed by atoms with E-state index in [1.807, 2.05) is 0 Å². The van der Waals surface area contributed by atoms with Gasteiger partial charge in [0.05, 0.1) is 25.4 Å². The average molecular weight is 409 g/mol. The van der Waals surface area contributed by atoms with Gasteiger partial charge in [-0.25, -0.2) is 0 Å². The first-order chi connectivity index (χ1) is 13.7. The fraction of sp³-hybridized carbons (Fsp3) is 0.958. The Morgan fingerprint density at radius 1 is 1.07 bits per heavy atom. The largest absolute Gasteiger partial charge is 0.394 e. The lowest BCUT2D eigenvalue weighted by atomic mass is 9.44. The van der Waals surface area contributed by atoms with Gasteiger partial charge in [-0.05, 0) is 92.8 Å². The molecule has 0 aromatic heterocycles. The van der Waals surface area contributed by atoms with Crippen molar-refractivity contribution < 1.29 is 24.9 Å². The molecule has 4 aliphatic rings. The van der Waals surface area contributed by atoms with E-state index in [9.17, 15) is 15.0 Å². The lowest BCUT2D eigenvalue weighted by Gasteiger charge is -2.60. The highest BCUT2D eigenvalue weighted by atomic mass is 16.5. The molecule has 0 heterocycles. The summed E-state index contributed by atoms with van der Waals surface area (Å²) >= 11 is 0. The highest BCUT2D eigenvalue weighted by Crippen LogP contribution is 2.67. The maximum Gasteiger partial charge on any atom is 0.136 e. The van der Waals surface area contributed by atoms with Crippen LogP contribution in [0, 0.1) is 40.4 Å². The Kier molecular flexibility index (Phi) is 5.91. The van der Waals surface area contributed by atoms with E-state index in [1.165, 1.54) is 19.3 Å². The van der Waals surface area contributed by atoms with Gasteiger partial charge < -0.3 is 20.1 Å². The second-order valence-electron chi connectivity index (χ2n) is 11.2. The topological polar surface area (TPSA) is 87.0 Å². The molecular formula is C24H40O5. The lowest BCUT2D eigenvalue weighted by molar-refractivity contribution is -0.142. The van der Waals surface area contributed by atoms with E-state index < -0.39 is 6.10 Å². The molecule has 4 saturated carbocycles. The van der Waals surface area contributed by atoms with Crippen molar-refractivity contribution in [2.75, 3.05) is 13.2 Å². The molecule has 0 spiro atoms. The first kappa shape index (κ1) is 21.7. The molecule has 3 N–H and O–H groups in total. The number of carbonyl (C=O) groups is 1. The van der Waals surface area contributed by atoms with Crippen LogP contribution < -0.4 is 0 Å². The van der Waals surface area contributed by atoms with Crippen LogP contribution in [-0.2, 0) is 9.53 Å². The highest BCUT2D eigenvalue weighted by Gasteiger charge is 2.63. The maximum absolute atomic E-state index is 12.7. The van der Waals surface area contributed by atoms with E-state index >= 15 is 0 Å². The van der Waals surface area contributed by atoms with Crippen molar-refractivity contribution in [2.24, 2.45) is 40.4 Å². The first-order valence-electron chi connectivity index (χ1n) is 11.8. The minimum atomic E-state index is -0.881. The third-order valence-corrected chi connectivity index (χ3v) is 9.80. The summed E-state index contributed by atoms with van der Waals surface area (Å²) < 4.78 is 6.05. The second-order valence-corrected chi connectivity index (χ2v) is 11.2. The molecular weight excluding hydrogens is 368 g/mol. The quantitative estimate of drug-likeness (QED) is 0.651. The van der Waals surface area contributed by atoms with Gasteiger partial charge in [-0.15, -0.1) is 0 Å². The molecule has 166 valence electrons. The normalized spacial score (nSPS) is 50.3. The van der Waals surface area contributed by atoms with E-state index in [0.29, 0.717) is 29.1 Å². The standard InChI is InChI=1S/C24H40O5/c1-14(26)22-21(29-13-17(28)12-25)11-20-18-5-4-15-10-16(27)6-8-23(15,2)19(18)7-9-24(20,22)3/h15-22,25,27-28H,4-13H2,1-3H3/t15-,16+,17?,18+,19-,20-,21+,22-,23-,24-/m0/s1. The zero-order valence-electron chi connectivity index (χ0n) is 18.3. The molecule has 5 nitrogen and oxygen atoms in total. The van der Waals surface area contributed by atoms with E-state index in [4.69, 9.17) is 9.84 Å². The molecule has 4 fully saturated rings. The number of Topliss-reactive ketones (excluding diaryl/α,β-unsaturated/α-hetero) is 1. The van der Waals surface area contributed by atoms with Crippen molar-refractivity contribution in [1.29, 1.82) is 0 Å². The summed E-state index contributed by atoms with van der Waals surface area (Å²) in [5.74, 6) is 2.52. The molecule has 0 radical (unpaired) electrons. The summed E-state index contributed by atoms with van der Waals surface area (Å²) in [6, 6.07) is 0. The number of aliphatic hydroxyl groups is 3. The van der Waals surface area contributed by atoms with Gasteiger partial charge in [-0.1, -0.05) is 13.8 Å². The molecule has 10 atom stereocenters. The zero-order chi connectivity index (χ0) is 21.0. The molecule has 0 amide bonds. The van der Waals surface area contributed by atoms with Gasteiger partial charge >= 0.3 is 0 Å². The van der Waals surface area contributed by atoms with Crippen molar-refractivity contribution in [3.05, 3.63) is 0 Å². The molecule has 0 aromatic carbocycles. The molecule has 0 saturated heterocycles. The van der Waals surface area contributed by atoms with Crippen LogP contribution in [0.1, 0.15) is 72.1 Å². The monoisotopic (exact) mass is 408 g/mol. The molecule has 0 aromatic rings. The van der Waals surface area contributed by atoms with Crippen LogP contribution in [0.2, 0.25) is 0 Å². The molecule has 0 aliphatic heterocycles. The van der Waals surface area contributed by atoms with Crippen molar-refractivity contribution in [3.8, 4) is 0 Å². The van der Waals surface area contributed by atoms with Gasteiger partial charge in [0.25, 0.3) is 0 Å². The van der Waals surface area contributed by atoms with Crippen LogP contribution >= 0.6 is 0 Å². The van der Waals surface area contributed by atoms with Crippen LogP contribution in [0.25, 0.3) is 0 Å². The van der Waals surface area contributed by atoms with Crippen LogP contribution in [0.15, 0.2) is 0 Å². The summed E-state index contributed by atoms with van der Waals surface area (Å²) in [6.07, 6.45) is 7.40. The van der Waals surface area contributed by atoms with Gasteiger partial charge in [0.15, 0.2) is 0 Å². The number of fused-ring (bicyclic) bond motifs is 5. The second kappa shape index (κ2) is 7.89. The summed E-state index contributed by atoms with van der Waals surface area (Å²) in [5.41, 5.74) is 0.292. The molecule has 5 heteroatoms. The number of ketones is 1. The average Bonchev–Trinajstić information content (AvgIpc) is 2.99. The Morgan fingerprint density at radius 3 is 2.48 bits per heavy atom. The van der Waals surface area contributed by atoms with Crippen molar-refractivity contribution in [3.63, 3.8) is 0 Å². The zero-order valence-corrected chi connectivity index (χ0v) is 18.3. The number of ether oxygens (including phenoxy) is 1. The van der Waals surface area contributed by atoms with Crippen molar-refractivity contribution in [1.82, 2.24) is 0 Å². The number of rotatable bonds is 5. The fourth-order valence-electron chi connectivity index (χ4n) is 8.40. The smallest absolute Gasteiger partial charge is 0.136 e. The number of aliphatic hydroxyl groups excluding tert-OH is 3. The minimum absolute atomic E-state index is 0.0286. The first-order valence-corrected chi connectivity index (χ1v) is 11.8. The highest BCUT2D eigenvalue weighted by molar-refractivity contribution is 5.80. The third kappa shape index (κ3) is 3.50. The molecule has 1 unspecified atom stereocenters. The Balaban J connectivity index is 1.57. The van der Waals surface area contributed by atoms with Gasteiger partial charge in [0.1, 0.15) is 11.9 Å². The molecule has 0 bridgehead atoms. The van der Waals surface area contributed by atoms with Gasteiger partial charge in [0.2, 0.25) is 0 Å². The molecule has 4 aliphatic carbocycles. The summed E-state index contributed by atoms with van der Waals surface area (Å²) in [7, 11) is 0. The summed E-state index contributed by atoms with van der Waals surface area (Å²) in [4.78, 5) is 12.7. The summed E-state index contributed by atoms with van der Waals surface area (Å²) in [5, 5.41) is 29.1. The SMILES string of the molecule is CC(=O)[C@H]1[C@H](OCC(O)CO)C[C@H]2[C@@H]3CC[C@H]4C[C@H](O)CC[C@]4(C)[C@H]3CC[C@@]21C. The van der Waals surface area contributed by atoms with Gasteiger partial charge in [-0.3, -0.25) is 4.79 Å². The maximum atomic E-state index is 12.7. The van der Waals surface area contributed by atoms with Crippen molar-refractivity contribution in [2.45, 2.75) is 90.4 Å². The van der Waals surface area contributed by atoms with Crippen LogP contribution in [0.4, 0.5) is 0 Å². The number of carbonyl (C=O) groups excluding carboxylic acids is 1. The van der Waals surface area contributed by atoms with E-state index in [0.717, 1.165) is 32.1 Å². The lowest BCUT2D eigenvalue weighted by Crippen LogP contribution is -2.54. The Hall–Kier alpha value is -0.490. The Bertz CT molecular complexity index is 622. The van der Waals surface area contributed by atoms with Crippen LogP contribution in [0.3, 0.4) is 0 Å². The summed E-state index contributed by atoms with van der Waals surface area (Å²) in [6.45, 7) is 6.27. The van der Waals surface area contributed by atoms with E-state index in [2.05, 4.69) is 13.8 Å². The third-order valence-electron chi connectivity index (χ3n) is 9.80. The van der Waals surface area contributed by atoms with Gasteiger partial charge in [-0.2, -0.15) is 0 Å². The molecule has 4 rings (SSSR count). The van der Waals surface area contributed by atoms with E-state index in [-0.39, 0.29) is 42.5 Å². The predicted molar refractivity (Wildman–Crippen MR) is 110 cm³/mol. The number of hydrogen-bond acceptors (Lipinski definition) is 5. The number of hydrogen-bond donors (Lipinski definition) is 3. The Labute approximate surface area is 175 Å². The van der Waals surface area contributed by atoms with E-state index in [1.54, 1.807) is 6.92 Å². The fourth-order valence-corrected chi connectivity index (χ4v) is 8.40. The van der Waals surface area contributed by atoms with Crippen molar-refractivity contribution >= 4 is 5.78 Å². The minimum Gasteiger partial charge on any atom is -0.394 e.